The fourth-order valence-electron chi connectivity index (χ4n) is 2.05. The van der Waals surface area contributed by atoms with Crippen LogP contribution in [0.1, 0.15) is 11.9 Å². The van der Waals surface area contributed by atoms with Crippen LogP contribution in [0.25, 0.3) is 0 Å². The summed E-state index contributed by atoms with van der Waals surface area (Å²) in [5.74, 6) is 0. The number of benzene rings is 1. The van der Waals surface area contributed by atoms with Crippen LogP contribution in [0.2, 0.25) is 0 Å². The Bertz CT molecular complexity index is 384. The average Bonchev–Trinajstić information content (AvgIpc) is 2.47. The molecule has 0 amide bonds. The minimum Gasteiger partial charge on any atom is -0.394 e. The molecule has 0 bridgehead atoms. The first kappa shape index (κ1) is 14.4. The molecule has 19 heavy (non-hydrogen) atoms. The van der Waals surface area contributed by atoms with Crippen molar-refractivity contribution in [2.45, 2.75) is 30.7 Å². The molecule has 1 heterocycles. The Labute approximate surface area is 110 Å². The molecule has 6 heteroatoms. The van der Waals surface area contributed by atoms with Gasteiger partial charge in [-0.2, -0.15) is 0 Å². The summed E-state index contributed by atoms with van der Waals surface area (Å²) in [4.78, 5) is 0. The second-order valence-electron chi connectivity index (χ2n) is 4.44. The molecule has 1 aromatic rings. The molecule has 0 aliphatic carbocycles. The molecule has 1 aliphatic heterocycles. The molecule has 0 spiro atoms. The second-order valence-corrected chi connectivity index (χ2v) is 4.44. The van der Waals surface area contributed by atoms with E-state index >= 15 is 0 Å². The van der Waals surface area contributed by atoms with E-state index in [9.17, 15) is 15.3 Å². The van der Waals surface area contributed by atoms with Crippen molar-refractivity contribution in [1.29, 1.82) is 0 Å². The lowest BCUT2D eigenvalue weighted by Gasteiger charge is -2.40. The van der Waals surface area contributed by atoms with Crippen molar-refractivity contribution in [3.63, 3.8) is 0 Å². The van der Waals surface area contributed by atoms with Crippen molar-refractivity contribution in [2.75, 3.05) is 13.2 Å². The molecule has 2 rings (SSSR count). The van der Waals surface area contributed by atoms with E-state index in [2.05, 4.69) is 0 Å². The van der Waals surface area contributed by atoms with Crippen LogP contribution in [-0.2, 0) is 9.47 Å². The lowest BCUT2D eigenvalue weighted by molar-refractivity contribution is -0.310. The van der Waals surface area contributed by atoms with E-state index in [1.54, 1.807) is 24.3 Å². The maximum atomic E-state index is 9.91. The molecule has 0 saturated carbocycles. The highest BCUT2D eigenvalue weighted by atomic mass is 16.7. The van der Waals surface area contributed by atoms with Crippen LogP contribution in [0.5, 0.6) is 0 Å². The Balaban J connectivity index is 2.18. The third-order valence-corrected chi connectivity index (χ3v) is 3.11. The molecular weight excluding hydrogens is 252 g/mol. The highest BCUT2D eigenvalue weighted by Crippen LogP contribution is 2.31. The molecule has 5 atom stereocenters. The molecule has 1 unspecified atom stereocenters. The predicted molar refractivity (Wildman–Crippen MR) is 65.1 cm³/mol. The highest BCUT2D eigenvalue weighted by molar-refractivity contribution is 5.16. The van der Waals surface area contributed by atoms with E-state index in [1.807, 2.05) is 6.07 Å². The van der Waals surface area contributed by atoms with E-state index in [1.165, 1.54) is 0 Å². The van der Waals surface area contributed by atoms with Gasteiger partial charge in [-0.1, -0.05) is 30.3 Å². The smallest absolute Gasteiger partial charge is 0.184 e. The molecule has 0 aromatic heterocycles. The number of ether oxygens (including phenoxy) is 2. The van der Waals surface area contributed by atoms with Crippen LogP contribution in [0.15, 0.2) is 30.3 Å². The summed E-state index contributed by atoms with van der Waals surface area (Å²) >= 11 is 0. The minimum absolute atomic E-state index is 0.400. The SMILES string of the molecule is OC[C@H](O)[C@H]1OC(c2ccccc2)O[C@H](CO)[C@H]1O. The van der Waals surface area contributed by atoms with Crippen LogP contribution in [0, 0.1) is 0 Å². The van der Waals surface area contributed by atoms with Gasteiger partial charge < -0.3 is 29.9 Å². The standard InChI is InChI=1S/C13H18O6/c14-6-9(16)12-11(17)10(7-15)18-13(19-12)8-4-2-1-3-5-8/h1-5,9-17H,6-7H2/t9-,10+,11+,12+,13?/m0/s1. The quantitative estimate of drug-likeness (QED) is 0.570. The Kier molecular flexibility index (Phi) is 4.87. The van der Waals surface area contributed by atoms with E-state index in [-0.39, 0.29) is 0 Å². The number of aliphatic hydroxyl groups is 4. The van der Waals surface area contributed by atoms with Crippen LogP contribution in [0.3, 0.4) is 0 Å². The van der Waals surface area contributed by atoms with Gasteiger partial charge >= 0.3 is 0 Å². The van der Waals surface area contributed by atoms with Crippen LogP contribution < -0.4 is 0 Å². The van der Waals surface area contributed by atoms with Gasteiger partial charge in [-0.15, -0.1) is 0 Å². The fourth-order valence-corrected chi connectivity index (χ4v) is 2.05. The summed E-state index contributed by atoms with van der Waals surface area (Å²) in [6, 6.07) is 9.00. The zero-order chi connectivity index (χ0) is 13.8. The second kappa shape index (κ2) is 6.42. The monoisotopic (exact) mass is 270 g/mol. The zero-order valence-electron chi connectivity index (χ0n) is 10.3. The summed E-state index contributed by atoms with van der Waals surface area (Å²) in [5.41, 5.74) is 0.711. The average molecular weight is 270 g/mol. The van der Waals surface area contributed by atoms with Gasteiger partial charge in [0.25, 0.3) is 0 Å². The zero-order valence-corrected chi connectivity index (χ0v) is 10.3. The van der Waals surface area contributed by atoms with Gasteiger partial charge in [0, 0.05) is 5.56 Å². The van der Waals surface area contributed by atoms with Crippen LogP contribution in [-0.4, -0.2) is 58.1 Å². The van der Waals surface area contributed by atoms with E-state index in [4.69, 9.17) is 14.6 Å². The van der Waals surface area contributed by atoms with Gasteiger partial charge in [0.2, 0.25) is 0 Å². The van der Waals surface area contributed by atoms with Crippen molar-refractivity contribution in [3.05, 3.63) is 35.9 Å². The molecule has 1 aromatic carbocycles. The summed E-state index contributed by atoms with van der Waals surface area (Å²) in [5, 5.41) is 37.8. The topological polar surface area (TPSA) is 99.4 Å². The van der Waals surface area contributed by atoms with Crippen molar-refractivity contribution < 1.29 is 29.9 Å². The number of aliphatic hydroxyl groups excluding tert-OH is 4. The molecule has 1 saturated heterocycles. The van der Waals surface area contributed by atoms with Gasteiger partial charge in [-0.05, 0) is 0 Å². The maximum Gasteiger partial charge on any atom is 0.184 e. The number of hydrogen-bond acceptors (Lipinski definition) is 6. The normalized spacial score (nSPS) is 33.1. The summed E-state index contributed by atoms with van der Waals surface area (Å²) in [6.45, 7) is -0.941. The summed E-state index contributed by atoms with van der Waals surface area (Å²) < 4.78 is 10.9. The van der Waals surface area contributed by atoms with Gasteiger partial charge in [0.15, 0.2) is 6.29 Å². The molecule has 6 nitrogen and oxygen atoms in total. The fraction of sp³-hybridized carbons (Fsp3) is 0.538. The van der Waals surface area contributed by atoms with Crippen molar-refractivity contribution in [1.82, 2.24) is 0 Å². The lowest BCUT2D eigenvalue weighted by Crippen LogP contribution is -2.54. The Morgan fingerprint density at radius 3 is 2.37 bits per heavy atom. The van der Waals surface area contributed by atoms with E-state index < -0.39 is 43.9 Å². The van der Waals surface area contributed by atoms with Gasteiger partial charge in [-0.3, -0.25) is 0 Å². The molecule has 4 N–H and O–H groups in total. The van der Waals surface area contributed by atoms with Crippen LogP contribution in [0.4, 0.5) is 0 Å². The van der Waals surface area contributed by atoms with E-state index in [0.717, 1.165) is 0 Å². The van der Waals surface area contributed by atoms with Crippen molar-refractivity contribution in [2.24, 2.45) is 0 Å². The maximum absolute atomic E-state index is 9.91. The molecule has 106 valence electrons. The van der Waals surface area contributed by atoms with E-state index in [0.29, 0.717) is 5.56 Å². The van der Waals surface area contributed by atoms with Gasteiger partial charge in [0.1, 0.15) is 24.4 Å². The molecule has 1 aliphatic rings. The first-order chi connectivity index (χ1) is 9.17. The number of hydrogen-bond donors (Lipinski definition) is 4. The first-order valence-electron chi connectivity index (χ1n) is 6.11. The lowest BCUT2D eigenvalue weighted by atomic mass is 10.0. The van der Waals surface area contributed by atoms with Gasteiger partial charge in [-0.25, -0.2) is 0 Å². The molecular formula is C13H18O6. The molecule has 0 radical (unpaired) electrons. The highest BCUT2D eigenvalue weighted by Gasteiger charge is 2.42. The minimum atomic E-state index is -1.24. The Morgan fingerprint density at radius 1 is 1.11 bits per heavy atom. The molecule has 1 fully saturated rings. The third-order valence-electron chi connectivity index (χ3n) is 3.11. The van der Waals surface area contributed by atoms with Crippen molar-refractivity contribution >= 4 is 0 Å². The Morgan fingerprint density at radius 2 is 1.79 bits per heavy atom. The predicted octanol–water partition coefficient (Wildman–Crippen LogP) is -0.824. The third kappa shape index (κ3) is 3.11. The number of rotatable bonds is 4. The summed E-state index contributed by atoms with van der Waals surface area (Å²) in [7, 11) is 0. The largest absolute Gasteiger partial charge is 0.394 e. The Hall–Kier alpha value is -1.02. The first-order valence-corrected chi connectivity index (χ1v) is 6.11. The van der Waals surface area contributed by atoms with Crippen molar-refractivity contribution in [3.8, 4) is 0 Å². The summed E-state index contributed by atoms with van der Waals surface area (Å²) in [6.07, 6.45) is -5.12. The van der Waals surface area contributed by atoms with Crippen LogP contribution >= 0.6 is 0 Å². The van der Waals surface area contributed by atoms with Gasteiger partial charge in [0.05, 0.1) is 13.2 Å².